The van der Waals surface area contributed by atoms with Crippen molar-refractivity contribution in [2.75, 3.05) is 20.1 Å². The van der Waals surface area contributed by atoms with Gasteiger partial charge in [-0.3, -0.25) is 14.5 Å². The number of hydrogen-bond donors (Lipinski definition) is 2. The summed E-state index contributed by atoms with van der Waals surface area (Å²) in [5.41, 5.74) is 1.18. The monoisotopic (exact) mass is 328 g/mol. The summed E-state index contributed by atoms with van der Waals surface area (Å²) in [6.45, 7) is 4.77. The Labute approximate surface area is 138 Å². The van der Waals surface area contributed by atoms with E-state index in [2.05, 4.69) is 12.2 Å². The van der Waals surface area contributed by atoms with Crippen molar-refractivity contribution in [3.05, 3.63) is 35.9 Å². The Morgan fingerprint density at radius 3 is 2.36 bits per heavy atom. The number of carboxylic acids is 1. The van der Waals surface area contributed by atoms with E-state index in [4.69, 9.17) is 5.11 Å². The minimum absolute atomic E-state index is 0. The smallest absolute Gasteiger partial charge is 0.304 e. The molecule has 1 amide bonds. The number of hydrogen-bond acceptors (Lipinski definition) is 3. The predicted octanol–water partition coefficient (Wildman–Crippen LogP) is 2.12. The van der Waals surface area contributed by atoms with Gasteiger partial charge in [0.1, 0.15) is 0 Å². The number of benzene rings is 1. The molecule has 2 N–H and O–H groups in total. The Kier molecular flexibility index (Phi) is 9.45. The van der Waals surface area contributed by atoms with Gasteiger partial charge in [0.05, 0.1) is 12.5 Å². The number of nitrogens with one attached hydrogen (secondary N) is 1. The fraction of sp³-hybridized carbons (Fsp3) is 0.500. The van der Waals surface area contributed by atoms with Crippen molar-refractivity contribution in [2.24, 2.45) is 0 Å². The topological polar surface area (TPSA) is 69.6 Å². The van der Waals surface area contributed by atoms with Crippen LogP contribution < -0.4 is 5.32 Å². The van der Waals surface area contributed by atoms with Gasteiger partial charge in [-0.1, -0.05) is 37.3 Å². The average molecular weight is 329 g/mol. The van der Waals surface area contributed by atoms with Crippen LogP contribution in [0, 0.1) is 0 Å². The predicted molar refractivity (Wildman–Crippen MR) is 89.5 cm³/mol. The minimum Gasteiger partial charge on any atom is -0.481 e. The highest BCUT2D eigenvalue weighted by Crippen LogP contribution is 2.13. The van der Waals surface area contributed by atoms with Crippen LogP contribution in [-0.4, -0.2) is 48.1 Å². The molecular weight excluding hydrogens is 304 g/mol. The first kappa shape index (κ1) is 20.4. The van der Waals surface area contributed by atoms with Gasteiger partial charge in [0, 0.05) is 13.1 Å². The SMILES string of the molecule is CC(CNC(=O)C(C)N(C)CCC(=O)O)c1ccccc1.Cl. The summed E-state index contributed by atoms with van der Waals surface area (Å²) in [5, 5.41) is 11.6. The molecule has 0 radical (unpaired) electrons. The van der Waals surface area contributed by atoms with E-state index in [0.29, 0.717) is 13.1 Å². The van der Waals surface area contributed by atoms with Crippen molar-refractivity contribution in [2.45, 2.75) is 32.2 Å². The van der Waals surface area contributed by atoms with Crippen molar-refractivity contribution >= 4 is 24.3 Å². The summed E-state index contributed by atoms with van der Waals surface area (Å²) >= 11 is 0. The number of carbonyl (C=O) groups is 2. The summed E-state index contributed by atoms with van der Waals surface area (Å²) in [6, 6.07) is 9.67. The van der Waals surface area contributed by atoms with Crippen LogP contribution in [0.5, 0.6) is 0 Å². The molecule has 2 unspecified atom stereocenters. The second-order valence-corrected chi connectivity index (χ2v) is 5.36. The summed E-state index contributed by atoms with van der Waals surface area (Å²) in [7, 11) is 1.76. The molecule has 0 aliphatic carbocycles. The Balaban J connectivity index is 0.00000441. The number of aliphatic carboxylic acids is 1. The summed E-state index contributed by atoms with van der Waals surface area (Å²) in [6.07, 6.45) is 0.0362. The maximum Gasteiger partial charge on any atom is 0.304 e. The molecule has 1 aromatic carbocycles. The van der Waals surface area contributed by atoms with E-state index >= 15 is 0 Å². The second kappa shape index (κ2) is 10.2. The largest absolute Gasteiger partial charge is 0.481 e. The molecular formula is C16H25ClN2O3. The minimum atomic E-state index is -0.854. The molecule has 0 spiro atoms. The fourth-order valence-electron chi connectivity index (χ4n) is 1.97. The van der Waals surface area contributed by atoms with Crippen molar-refractivity contribution in [3.63, 3.8) is 0 Å². The van der Waals surface area contributed by atoms with E-state index in [9.17, 15) is 9.59 Å². The Bertz CT molecular complexity index is 468. The van der Waals surface area contributed by atoms with Gasteiger partial charge < -0.3 is 10.4 Å². The molecule has 22 heavy (non-hydrogen) atoms. The number of likely N-dealkylation sites (N-methyl/N-ethyl adjacent to an activating group) is 1. The maximum atomic E-state index is 12.1. The molecule has 2 atom stereocenters. The molecule has 0 saturated heterocycles. The van der Waals surface area contributed by atoms with E-state index in [-0.39, 0.29) is 36.7 Å². The number of rotatable bonds is 8. The highest BCUT2D eigenvalue weighted by Gasteiger charge is 2.19. The van der Waals surface area contributed by atoms with Crippen LogP contribution in [0.2, 0.25) is 0 Å². The van der Waals surface area contributed by atoms with Gasteiger partial charge in [-0.2, -0.15) is 0 Å². The highest BCUT2D eigenvalue weighted by molar-refractivity contribution is 5.85. The zero-order valence-electron chi connectivity index (χ0n) is 13.3. The lowest BCUT2D eigenvalue weighted by atomic mass is 10.0. The van der Waals surface area contributed by atoms with Crippen LogP contribution in [0.15, 0.2) is 30.3 Å². The first-order valence-corrected chi connectivity index (χ1v) is 7.16. The van der Waals surface area contributed by atoms with Crippen LogP contribution in [0.3, 0.4) is 0 Å². The molecule has 5 nitrogen and oxygen atoms in total. The van der Waals surface area contributed by atoms with Gasteiger partial charge >= 0.3 is 5.97 Å². The average Bonchev–Trinajstić information content (AvgIpc) is 2.49. The zero-order valence-corrected chi connectivity index (χ0v) is 14.1. The quantitative estimate of drug-likeness (QED) is 0.767. The van der Waals surface area contributed by atoms with Gasteiger partial charge in [0.15, 0.2) is 0 Å². The van der Waals surface area contributed by atoms with Crippen molar-refractivity contribution in [1.82, 2.24) is 10.2 Å². The van der Waals surface area contributed by atoms with E-state index < -0.39 is 5.97 Å². The highest BCUT2D eigenvalue weighted by atomic mass is 35.5. The number of halogens is 1. The van der Waals surface area contributed by atoms with E-state index in [1.807, 2.05) is 30.3 Å². The maximum absolute atomic E-state index is 12.1. The van der Waals surface area contributed by atoms with E-state index in [0.717, 1.165) is 0 Å². The fourth-order valence-corrected chi connectivity index (χ4v) is 1.97. The van der Waals surface area contributed by atoms with Crippen molar-refractivity contribution in [1.29, 1.82) is 0 Å². The van der Waals surface area contributed by atoms with Crippen molar-refractivity contribution < 1.29 is 14.7 Å². The first-order valence-electron chi connectivity index (χ1n) is 7.16. The third-order valence-electron chi connectivity index (χ3n) is 3.67. The van der Waals surface area contributed by atoms with Gasteiger partial charge in [-0.05, 0) is 25.5 Å². The number of nitrogens with zero attached hydrogens (tertiary/aromatic N) is 1. The van der Waals surface area contributed by atoms with E-state index in [1.165, 1.54) is 5.56 Å². The van der Waals surface area contributed by atoms with Gasteiger partial charge in [-0.25, -0.2) is 0 Å². The van der Waals surface area contributed by atoms with Crippen LogP contribution in [0.4, 0.5) is 0 Å². The first-order chi connectivity index (χ1) is 9.91. The summed E-state index contributed by atoms with van der Waals surface area (Å²) in [5.74, 6) is -0.690. The molecule has 0 bridgehead atoms. The molecule has 1 rings (SSSR count). The lowest BCUT2D eigenvalue weighted by Crippen LogP contribution is -2.44. The summed E-state index contributed by atoms with van der Waals surface area (Å²) < 4.78 is 0. The standard InChI is InChI=1S/C16H24N2O3.ClH/c1-12(14-7-5-4-6-8-14)11-17-16(21)13(2)18(3)10-9-15(19)20;/h4-8,12-13H,9-11H2,1-3H3,(H,17,21)(H,19,20);1H. The molecule has 124 valence electrons. The molecule has 0 aliphatic heterocycles. The molecule has 6 heteroatoms. The molecule has 0 saturated carbocycles. The van der Waals surface area contributed by atoms with Gasteiger partial charge in [0.2, 0.25) is 5.91 Å². The van der Waals surface area contributed by atoms with E-state index in [1.54, 1.807) is 18.9 Å². The Morgan fingerprint density at radius 1 is 1.23 bits per heavy atom. The van der Waals surface area contributed by atoms with Crippen LogP contribution >= 0.6 is 12.4 Å². The lowest BCUT2D eigenvalue weighted by molar-refractivity contribution is -0.138. The molecule has 0 heterocycles. The Hall–Kier alpha value is -1.59. The normalized spacial score (nSPS) is 13.1. The van der Waals surface area contributed by atoms with Crippen LogP contribution in [0.1, 0.15) is 31.7 Å². The van der Waals surface area contributed by atoms with Crippen LogP contribution in [0.25, 0.3) is 0 Å². The Morgan fingerprint density at radius 2 is 1.82 bits per heavy atom. The van der Waals surface area contributed by atoms with Gasteiger partial charge in [-0.15, -0.1) is 12.4 Å². The molecule has 0 fully saturated rings. The molecule has 0 aliphatic rings. The third-order valence-corrected chi connectivity index (χ3v) is 3.67. The lowest BCUT2D eigenvalue weighted by Gasteiger charge is -2.24. The number of carbonyl (C=O) groups excluding carboxylic acids is 1. The number of amides is 1. The second-order valence-electron chi connectivity index (χ2n) is 5.36. The molecule has 1 aromatic rings. The molecule has 0 aromatic heterocycles. The van der Waals surface area contributed by atoms with Crippen LogP contribution in [-0.2, 0) is 9.59 Å². The van der Waals surface area contributed by atoms with Crippen molar-refractivity contribution in [3.8, 4) is 0 Å². The zero-order chi connectivity index (χ0) is 15.8. The third kappa shape index (κ3) is 6.91. The van der Waals surface area contributed by atoms with Gasteiger partial charge in [0.25, 0.3) is 0 Å². The summed E-state index contributed by atoms with van der Waals surface area (Å²) in [4.78, 5) is 24.4. The number of carboxylic acid groups (broad SMARTS) is 1.